The zero-order valence-corrected chi connectivity index (χ0v) is 12.4. The summed E-state index contributed by atoms with van der Waals surface area (Å²) in [5.74, 6) is 1.64. The first kappa shape index (κ1) is 14.7. The maximum Gasteiger partial charge on any atom is 0.317 e. The van der Waals surface area contributed by atoms with Crippen LogP contribution in [0.3, 0.4) is 0 Å². The summed E-state index contributed by atoms with van der Waals surface area (Å²) in [6, 6.07) is 0.117. The van der Waals surface area contributed by atoms with Crippen molar-refractivity contribution < 1.29 is 4.79 Å². The molecule has 1 rings (SSSR count). The number of likely N-dealkylation sites (tertiary alicyclic amines) is 1. The van der Waals surface area contributed by atoms with Crippen LogP contribution in [0.1, 0.15) is 40.5 Å². The first-order valence-electron chi connectivity index (χ1n) is 6.55. The Morgan fingerprint density at radius 3 is 2.76 bits per heavy atom. The van der Waals surface area contributed by atoms with Crippen LogP contribution in [0.4, 0.5) is 4.79 Å². The van der Waals surface area contributed by atoms with Crippen LogP contribution in [-0.2, 0) is 0 Å². The molecule has 1 aliphatic rings. The van der Waals surface area contributed by atoms with Crippen LogP contribution >= 0.6 is 11.8 Å². The molecule has 1 aliphatic heterocycles. The first-order chi connectivity index (χ1) is 7.88. The van der Waals surface area contributed by atoms with E-state index in [0.717, 1.165) is 31.8 Å². The van der Waals surface area contributed by atoms with Gasteiger partial charge in [-0.1, -0.05) is 27.7 Å². The normalized spacial score (nSPS) is 21.4. The van der Waals surface area contributed by atoms with E-state index in [4.69, 9.17) is 0 Å². The number of carbonyl (C=O) groups excluding carboxylic acids is 1. The summed E-state index contributed by atoms with van der Waals surface area (Å²) in [5, 5.41) is 3.01. The number of urea groups is 1. The van der Waals surface area contributed by atoms with Gasteiger partial charge in [0.1, 0.15) is 0 Å². The van der Waals surface area contributed by atoms with Crippen molar-refractivity contribution >= 4 is 17.8 Å². The largest absolute Gasteiger partial charge is 0.337 e. The van der Waals surface area contributed by atoms with Gasteiger partial charge >= 0.3 is 6.03 Å². The lowest BCUT2D eigenvalue weighted by Crippen LogP contribution is -2.45. The molecule has 0 aromatic rings. The number of thioether (sulfide) groups is 1. The summed E-state index contributed by atoms with van der Waals surface area (Å²) < 4.78 is 0.282. The quantitative estimate of drug-likeness (QED) is 0.789. The van der Waals surface area contributed by atoms with Crippen molar-refractivity contribution in [1.29, 1.82) is 0 Å². The molecule has 100 valence electrons. The van der Waals surface area contributed by atoms with Gasteiger partial charge in [-0.25, -0.2) is 4.79 Å². The fraction of sp³-hybridized carbons (Fsp3) is 0.923. The Morgan fingerprint density at radius 1 is 1.47 bits per heavy atom. The standard InChI is InChI=1S/C13H26N2OS/c1-11-6-5-8-15(10-11)12(16)14-7-9-17-13(2,3)4/h11H,5-10H2,1-4H3,(H,14,16). The number of rotatable bonds is 3. The first-order valence-corrected chi connectivity index (χ1v) is 7.54. The van der Waals surface area contributed by atoms with Gasteiger partial charge in [-0.05, 0) is 18.8 Å². The molecule has 1 heterocycles. The van der Waals surface area contributed by atoms with Crippen LogP contribution in [0, 0.1) is 5.92 Å². The van der Waals surface area contributed by atoms with Crippen molar-refractivity contribution in [2.45, 2.75) is 45.3 Å². The molecule has 1 fully saturated rings. The zero-order chi connectivity index (χ0) is 12.9. The third-order valence-corrected chi connectivity index (χ3v) is 4.13. The highest BCUT2D eigenvalue weighted by Crippen LogP contribution is 2.22. The molecule has 0 spiro atoms. The van der Waals surface area contributed by atoms with Crippen molar-refractivity contribution in [2.24, 2.45) is 5.92 Å². The summed E-state index contributed by atoms with van der Waals surface area (Å²) in [6.45, 7) is 11.4. The third kappa shape index (κ3) is 6.20. The molecule has 3 nitrogen and oxygen atoms in total. The van der Waals surface area contributed by atoms with Crippen molar-refractivity contribution in [1.82, 2.24) is 10.2 Å². The van der Waals surface area contributed by atoms with Gasteiger partial charge in [0, 0.05) is 30.1 Å². The van der Waals surface area contributed by atoms with Gasteiger partial charge in [0.25, 0.3) is 0 Å². The second-order valence-electron chi connectivity index (χ2n) is 5.89. The summed E-state index contributed by atoms with van der Waals surface area (Å²) in [7, 11) is 0. The highest BCUT2D eigenvalue weighted by atomic mass is 32.2. The van der Waals surface area contributed by atoms with E-state index >= 15 is 0 Å². The molecular formula is C13H26N2OS. The molecule has 1 saturated heterocycles. The Kier molecular flexibility index (Phi) is 5.63. The molecule has 1 unspecified atom stereocenters. The fourth-order valence-corrected chi connectivity index (χ4v) is 2.82. The van der Waals surface area contributed by atoms with E-state index in [1.54, 1.807) is 0 Å². The highest BCUT2D eigenvalue weighted by Gasteiger charge is 2.20. The lowest BCUT2D eigenvalue weighted by molar-refractivity contribution is 0.170. The Hall–Kier alpha value is -0.380. The molecular weight excluding hydrogens is 232 g/mol. The molecule has 0 aromatic heterocycles. The molecule has 17 heavy (non-hydrogen) atoms. The van der Waals surface area contributed by atoms with E-state index < -0.39 is 0 Å². The minimum atomic E-state index is 0.117. The minimum Gasteiger partial charge on any atom is -0.337 e. The van der Waals surface area contributed by atoms with E-state index in [2.05, 4.69) is 33.0 Å². The molecule has 0 saturated carbocycles. The molecule has 0 radical (unpaired) electrons. The van der Waals surface area contributed by atoms with E-state index in [9.17, 15) is 4.79 Å². The van der Waals surface area contributed by atoms with Gasteiger partial charge < -0.3 is 10.2 Å². The summed E-state index contributed by atoms with van der Waals surface area (Å²) >= 11 is 1.89. The Morgan fingerprint density at radius 2 is 2.18 bits per heavy atom. The maximum absolute atomic E-state index is 11.9. The average molecular weight is 258 g/mol. The van der Waals surface area contributed by atoms with Gasteiger partial charge in [0.05, 0.1) is 0 Å². The van der Waals surface area contributed by atoms with E-state index in [-0.39, 0.29) is 10.8 Å². The average Bonchev–Trinajstić information content (AvgIpc) is 2.23. The summed E-state index contributed by atoms with van der Waals surface area (Å²) in [4.78, 5) is 13.8. The van der Waals surface area contributed by atoms with Crippen LogP contribution in [0.25, 0.3) is 0 Å². The molecule has 0 aromatic carbocycles. The fourth-order valence-electron chi connectivity index (χ4n) is 2.00. The Labute approximate surface area is 110 Å². The Bertz CT molecular complexity index is 250. The van der Waals surface area contributed by atoms with Crippen LogP contribution in [0.15, 0.2) is 0 Å². The van der Waals surface area contributed by atoms with Crippen LogP contribution in [-0.4, -0.2) is 41.1 Å². The van der Waals surface area contributed by atoms with E-state index in [0.29, 0.717) is 5.92 Å². The van der Waals surface area contributed by atoms with E-state index in [1.807, 2.05) is 16.7 Å². The summed E-state index contributed by atoms with van der Waals surface area (Å²) in [5.41, 5.74) is 0. The van der Waals surface area contributed by atoms with Gasteiger partial charge in [-0.3, -0.25) is 0 Å². The van der Waals surface area contributed by atoms with Crippen molar-refractivity contribution in [3.63, 3.8) is 0 Å². The van der Waals surface area contributed by atoms with Gasteiger partial charge in [-0.15, -0.1) is 0 Å². The molecule has 1 N–H and O–H groups in total. The summed E-state index contributed by atoms with van der Waals surface area (Å²) in [6.07, 6.45) is 2.40. The van der Waals surface area contributed by atoms with Crippen molar-refractivity contribution in [2.75, 3.05) is 25.4 Å². The lowest BCUT2D eigenvalue weighted by Gasteiger charge is -2.31. The van der Waals surface area contributed by atoms with Crippen molar-refractivity contribution in [3.8, 4) is 0 Å². The molecule has 0 bridgehead atoms. The van der Waals surface area contributed by atoms with Crippen molar-refractivity contribution in [3.05, 3.63) is 0 Å². The van der Waals surface area contributed by atoms with Gasteiger partial charge in [0.15, 0.2) is 0 Å². The monoisotopic (exact) mass is 258 g/mol. The van der Waals surface area contributed by atoms with Crippen LogP contribution in [0.5, 0.6) is 0 Å². The topological polar surface area (TPSA) is 32.3 Å². The number of hydrogen-bond donors (Lipinski definition) is 1. The smallest absolute Gasteiger partial charge is 0.317 e. The number of nitrogens with one attached hydrogen (secondary N) is 1. The maximum atomic E-state index is 11.9. The predicted molar refractivity (Wildman–Crippen MR) is 75.6 cm³/mol. The second kappa shape index (κ2) is 6.53. The predicted octanol–water partition coefficient (Wildman–Crippen LogP) is 2.96. The number of hydrogen-bond acceptors (Lipinski definition) is 2. The van der Waals surface area contributed by atoms with Gasteiger partial charge in [-0.2, -0.15) is 11.8 Å². The zero-order valence-electron chi connectivity index (χ0n) is 11.6. The Balaban J connectivity index is 2.16. The number of nitrogens with zero attached hydrogens (tertiary/aromatic N) is 1. The van der Waals surface area contributed by atoms with E-state index in [1.165, 1.54) is 6.42 Å². The molecule has 1 atom stereocenters. The molecule has 4 heteroatoms. The van der Waals surface area contributed by atoms with Crippen LogP contribution < -0.4 is 5.32 Å². The van der Waals surface area contributed by atoms with Crippen LogP contribution in [0.2, 0.25) is 0 Å². The number of carbonyl (C=O) groups is 1. The number of amides is 2. The second-order valence-corrected chi connectivity index (χ2v) is 7.81. The molecule has 0 aliphatic carbocycles. The van der Waals surface area contributed by atoms with Gasteiger partial charge in [0.2, 0.25) is 0 Å². The third-order valence-electron chi connectivity index (χ3n) is 2.86. The SMILES string of the molecule is CC1CCCN(C(=O)NCCSC(C)(C)C)C1. The number of piperidine rings is 1. The minimum absolute atomic E-state index is 0.117. The lowest BCUT2D eigenvalue weighted by atomic mass is 10.0. The molecule has 2 amide bonds. The highest BCUT2D eigenvalue weighted by molar-refractivity contribution is 8.00.